The van der Waals surface area contributed by atoms with Gasteiger partial charge in [-0.1, -0.05) is 22.9 Å². The van der Waals surface area contributed by atoms with Gasteiger partial charge in [-0.3, -0.25) is 0 Å². The lowest BCUT2D eigenvalue weighted by molar-refractivity contribution is 1.04. The van der Waals surface area contributed by atoms with Gasteiger partial charge in [0.15, 0.2) is 0 Å². The monoisotopic (exact) mass is 291 g/mol. The van der Waals surface area contributed by atoms with Crippen LogP contribution in [0.4, 0.5) is 5.69 Å². The van der Waals surface area contributed by atoms with Gasteiger partial charge in [-0.05, 0) is 29.8 Å². The summed E-state index contributed by atoms with van der Waals surface area (Å²) in [6, 6.07) is 5.40. The van der Waals surface area contributed by atoms with Crippen LogP contribution in [0.2, 0.25) is 9.49 Å². The van der Waals surface area contributed by atoms with E-state index in [1.54, 1.807) is 23.9 Å². The molecule has 1 aromatic heterocycles. The van der Waals surface area contributed by atoms with Crippen molar-refractivity contribution in [3.05, 3.63) is 32.7 Å². The molecule has 0 aliphatic heterocycles. The zero-order chi connectivity index (χ0) is 11.5. The minimum atomic E-state index is 0.453. The van der Waals surface area contributed by atoms with Gasteiger partial charge in [0.25, 0.3) is 0 Å². The smallest absolute Gasteiger partial charge is 0.207 e. The molecule has 84 valence electrons. The quantitative estimate of drug-likeness (QED) is 0.692. The van der Waals surface area contributed by atoms with Crippen LogP contribution in [0.25, 0.3) is 0 Å². The van der Waals surface area contributed by atoms with Crippen molar-refractivity contribution in [2.45, 2.75) is 10.6 Å². The van der Waals surface area contributed by atoms with E-state index >= 15 is 0 Å². The number of anilines is 1. The highest BCUT2D eigenvalue weighted by Crippen LogP contribution is 2.32. The van der Waals surface area contributed by atoms with Crippen LogP contribution >= 0.6 is 46.3 Å². The van der Waals surface area contributed by atoms with E-state index in [4.69, 9.17) is 28.9 Å². The van der Waals surface area contributed by atoms with Crippen LogP contribution in [0.3, 0.4) is 0 Å². The lowest BCUT2D eigenvalue weighted by atomic mass is 10.3. The molecule has 0 unspecified atom stereocenters. The van der Waals surface area contributed by atoms with Gasteiger partial charge in [0, 0.05) is 10.6 Å². The third-order valence-corrected chi connectivity index (χ3v) is 4.46. The number of halogens is 2. The number of nitrogens with zero attached hydrogens (tertiary/aromatic N) is 2. The Morgan fingerprint density at radius 2 is 2.12 bits per heavy atom. The zero-order valence-electron chi connectivity index (χ0n) is 7.98. The molecule has 0 saturated carbocycles. The molecular weight excluding hydrogens is 285 g/mol. The Morgan fingerprint density at radius 3 is 2.81 bits per heavy atom. The van der Waals surface area contributed by atoms with Crippen LogP contribution in [-0.4, -0.2) is 10.2 Å². The first-order chi connectivity index (χ1) is 7.65. The molecule has 2 aromatic rings. The number of nitrogen functional groups attached to an aromatic ring is 1. The van der Waals surface area contributed by atoms with E-state index in [0.29, 0.717) is 20.9 Å². The van der Waals surface area contributed by atoms with Crippen molar-refractivity contribution >= 4 is 52.0 Å². The Bertz CT molecular complexity index is 501. The number of thioether (sulfide) groups is 1. The third-order valence-electron chi connectivity index (χ3n) is 1.75. The van der Waals surface area contributed by atoms with E-state index in [0.717, 1.165) is 9.90 Å². The summed E-state index contributed by atoms with van der Waals surface area (Å²) in [4.78, 5) is 0.938. The second kappa shape index (κ2) is 5.23. The molecule has 0 fully saturated rings. The first-order valence-electron chi connectivity index (χ1n) is 4.31. The van der Waals surface area contributed by atoms with Crippen LogP contribution in [0.15, 0.2) is 23.1 Å². The lowest BCUT2D eigenvalue weighted by Gasteiger charge is -2.03. The van der Waals surface area contributed by atoms with Crippen molar-refractivity contribution in [3.63, 3.8) is 0 Å². The van der Waals surface area contributed by atoms with Gasteiger partial charge in [-0.15, -0.1) is 22.0 Å². The van der Waals surface area contributed by atoms with Crippen molar-refractivity contribution in [3.8, 4) is 0 Å². The summed E-state index contributed by atoms with van der Waals surface area (Å²) in [6.07, 6.45) is 0. The highest BCUT2D eigenvalue weighted by Gasteiger charge is 2.05. The van der Waals surface area contributed by atoms with Crippen LogP contribution in [0, 0.1) is 0 Å². The average Bonchev–Trinajstić information content (AvgIpc) is 2.66. The van der Waals surface area contributed by atoms with Crippen molar-refractivity contribution in [1.82, 2.24) is 10.2 Å². The van der Waals surface area contributed by atoms with E-state index in [1.165, 1.54) is 11.3 Å². The Hall–Kier alpha value is -0.490. The lowest BCUT2D eigenvalue weighted by Crippen LogP contribution is -1.86. The van der Waals surface area contributed by atoms with Crippen LogP contribution in [0.1, 0.15) is 5.01 Å². The topological polar surface area (TPSA) is 51.8 Å². The van der Waals surface area contributed by atoms with Crippen LogP contribution in [0.5, 0.6) is 0 Å². The zero-order valence-corrected chi connectivity index (χ0v) is 11.1. The maximum atomic E-state index is 6.03. The molecular formula is C9H7Cl2N3S2. The Morgan fingerprint density at radius 1 is 1.31 bits per heavy atom. The number of nitrogens with two attached hydrogens (primary N) is 1. The summed E-state index contributed by atoms with van der Waals surface area (Å²) in [6.45, 7) is 0. The molecule has 0 spiro atoms. The summed E-state index contributed by atoms with van der Waals surface area (Å²) in [5.41, 5.74) is 6.38. The Balaban J connectivity index is 2.07. The molecule has 0 aliphatic carbocycles. The van der Waals surface area contributed by atoms with Crippen LogP contribution in [-0.2, 0) is 5.75 Å². The largest absolute Gasteiger partial charge is 0.399 e. The number of aromatic nitrogens is 2. The van der Waals surface area contributed by atoms with E-state index in [2.05, 4.69) is 10.2 Å². The van der Waals surface area contributed by atoms with Gasteiger partial charge in [0.1, 0.15) is 5.01 Å². The van der Waals surface area contributed by atoms with Gasteiger partial charge in [-0.2, -0.15) is 0 Å². The summed E-state index contributed by atoms with van der Waals surface area (Å²) >= 11 is 14.7. The van der Waals surface area contributed by atoms with E-state index in [-0.39, 0.29) is 0 Å². The molecule has 0 saturated heterocycles. The Labute approximate surface area is 111 Å². The first-order valence-corrected chi connectivity index (χ1v) is 6.86. The third kappa shape index (κ3) is 3.01. The molecule has 0 aliphatic rings. The van der Waals surface area contributed by atoms with E-state index in [9.17, 15) is 0 Å². The predicted octanol–water partition coefficient (Wildman–Crippen LogP) is 3.72. The molecule has 1 heterocycles. The average molecular weight is 292 g/mol. The van der Waals surface area contributed by atoms with E-state index in [1.807, 2.05) is 6.07 Å². The molecule has 1 aromatic carbocycles. The molecule has 0 atom stereocenters. The summed E-state index contributed by atoms with van der Waals surface area (Å²) in [7, 11) is 0. The Kier molecular flexibility index (Phi) is 3.91. The second-order valence-electron chi connectivity index (χ2n) is 2.93. The van der Waals surface area contributed by atoms with Crippen LogP contribution < -0.4 is 5.73 Å². The molecule has 0 radical (unpaired) electrons. The second-order valence-corrected chi connectivity index (χ2v) is 6.00. The summed E-state index contributed by atoms with van der Waals surface area (Å²) < 4.78 is 0.453. The molecule has 16 heavy (non-hydrogen) atoms. The highest BCUT2D eigenvalue weighted by atomic mass is 35.5. The molecule has 2 N–H and O–H groups in total. The standard InChI is InChI=1S/C9H7Cl2N3S2/c10-6-2-1-5(12)3-7(6)15-4-8-13-14-9(11)16-8/h1-3H,4,12H2. The van der Waals surface area contributed by atoms with Crippen molar-refractivity contribution in [2.75, 3.05) is 5.73 Å². The van der Waals surface area contributed by atoms with Crippen molar-refractivity contribution in [2.24, 2.45) is 0 Å². The summed E-state index contributed by atoms with van der Waals surface area (Å²) in [5, 5.41) is 9.21. The number of benzene rings is 1. The fourth-order valence-electron chi connectivity index (χ4n) is 1.06. The van der Waals surface area contributed by atoms with Gasteiger partial charge >= 0.3 is 0 Å². The molecule has 0 bridgehead atoms. The number of hydrogen-bond donors (Lipinski definition) is 1. The van der Waals surface area contributed by atoms with Gasteiger partial charge in [-0.25, -0.2) is 0 Å². The normalized spacial score (nSPS) is 10.6. The maximum absolute atomic E-state index is 6.03. The van der Waals surface area contributed by atoms with E-state index < -0.39 is 0 Å². The molecule has 3 nitrogen and oxygen atoms in total. The minimum absolute atomic E-state index is 0.453. The van der Waals surface area contributed by atoms with Crippen molar-refractivity contribution in [1.29, 1.82) is 0 Å². The fraction of sp³-hybridized carbons (Fsp3) is 0.111. The predicted molar refractivity (Wildman–Crippen MR) is 70.3 cm³/mol. The maximum Gasteiger partial charge on any atom is 0.207 e. The van der Waals surface area contributed by atoms with Gasteiger partial charge < -0.3 is 5.73 Å². The highest BCUT2D eigenvalue weighted by molar-refractivity contribution is 7.98. The van der Waals surface area contributed by atoms with Gasteiger partial charge in [0.2, 0.25) is 4.47 Å². The SMILES string of the molecule is Nc1ccc(Cl)c(SCc2nnc(Cl)s2)c1. The molecule has 0 amide bonds. The first kappa shape index (κ1) is 12.0. The number of rotatable bonds is 3. The van der Waals surface area contributed by atoms with Crippen molar-refractivity contribution < 1.29 is 0 Å². The fourth-order valence-corrected chi connectivity index (χ4v) is 3.18. The minimum Gasteiger partial charge on any atom is -0.399 e. The molecule has 2 rings (SSSR count). The molecule has 7 heteroatoms. The summed E-state index contributed by atoms with van der Waals surface area (Å²) in [5.74, 6) is 0.688. The van der Waals surface area contributed by atoms with Gasteiger partial charge in [0.05, 0.1) is 10.8 Å². The number of hydrogen-bond acceptors (Lipinski definition) is 5.